The van der Waals surface area contributed by atoms with Crippen molar-refractivity contribution in [2.24, 2.45) is 5.92 Å². The summed E-state index contributed by atoms with van der Waals surface area (Å²) >= 11 is 0. The van der Waals surface area contributed by atoms with Gasteiger partial charge in [-0.05, 0) is 41.9 Å². The lowest BCUT2D eigenvalue weighted by atomic mass is 9.82. The van der Waals surface area contributed by atoms with Gasteiger partial charge in [0.15, 0.2) is 0 Å². The third-order valence-electron chi connectivity index (χ3n) is 4.12. The van der Waals surface area contributed by atoms with Crippen molar-refractivity contribution in [1.29, 1.82) is 5.26 Å². The fraction of sp³-hybridized carbons (Fsp3) is 0.429. The van der Waals surface area contributed by atoms with Gasteiger partial charge in [-0.2, -0.15) is 5.26 Å². The maximum absolute atomic E-state index is 11.3. The molecule has 2 saturated carbocycles. The summed E-state index contributed by atoms with van der Waals surface area (Å²) in [6, 6.07) is 10.1. The number of nitriles is 1. The van der Waals surface area contributed by atoms with Crippen LogP contribution in [0.1, 0.15) is 36.8 Å². The first-order chi connectivity index (χ1) is 7.74. The van der Waals surface area contributed by atoms with Gasteiger partial charge >= 0.3 is 0 Å². The Hall–Kier alpha value is -1.62. The van der Waals surface area contributed by atoms with Crippen molar-refractivity contribution < 1.29 is 4.79 Å². The van der Waals surface area contributed by atoms with Gasteiger partial charge in [0.05, 0.1) is 11.6 Å². The van der Waals surface area contributed by atoms with E-state index >= 15 is 0 Å². The molecule has 3 rings (SSSR count). The van der Waals surface area contributed by atoms with Crippen LogP contribution >= 0.6 is 0 Å². The molecule has 0 N–H and O–H groups in total. The molecule has 16 heavy (non-hydrogen) atoms. The zero-order chi connectivity index (χ0) is 11.2. The van der Waals surface area contributed by atoms with Gasteiger partial charge < -0.3 is 0 Å². The number of ketones is 1. The third-order valence-corrected chi connectivity index (χ3v) is 4.12. The maximum Gasteiger partial charge on any atom is 0.133 e. The Morgan fingerprint density at radius 2 is 2.31 bits per heavy atom. The summed E-state index contributed by atoms with van der Waals surface area (Å²) in [6.45, 7) is 0. The molecule has 0 spiro atoms. The number of benzene rings is 1. The number of carbonyl (C=O) groups is 1. The molecule has 2 aliphatic rings. The van der Waals surface area contributed by atoms with E-state index in [1.54, 1.807) is 0 Å². The van der Waals surface area contributed by atoms with Crippen molar-refractivity contribution >= 4 is 5.78 Å². The van der Waals surface area contributed by atoms with Crippen LogP contribution in [-0.4, -0.2) is 5.78 Å². The average Bonchev–Trinajstić information content (AvgIpc) is 3.04. The van der Waals surface area contributed by atoms with Gasteiger partial charge in [-0.25, -0.2) is 0 Å². The zero-order valence-electron chi connectivity index (χ0n) is 9.07. The molecule has 2 heteroatoms. The molecular weight excluding hydrogens is 198 g/mol. The topological polar surface area (TPSA) is 40.9 Å². The Kier molecular flexibility index (Phi) is 1.91. The lowest BCUT2D eigenvalue weighted by Crippen LogP contribution is -2.19. The van der Waals surface area contributed by atoms with Gasteiger partial charge in [-0.1, -0.05) is 12.1 Å². The van der Waals surface area contributed by atoms with Crippen LogP contribution in [0.15, 0.2) is 24.3 Å². The number of fused-ring (bicyclic) bond motifs is 1. The molecule has 2 atom stereocenters. The number of Topliss-reactive ketones (excluding diaryl/α,β-unsaturated/α-hetero) is 1. The molecule has 0 heterocycles. The van der Waals surface area contributed by atoms with Gasteiger partial charge in [-0.3, -0.25) is 4.79 Å². The molecule has 2 unspecified atom stereocenters. The van der Waals surface area contributed by atoms with E-state index in [1.807, 2.05) is 18.2 Å². The fourth-order valence-electron chi connectivity index (χ4n) is 3.09. The van der Waals surface area contributed by atoms with E-state index in [-0.39, 0.29) is 5.41 Å². The SMILES string of the molecule is N#Cc1cccc(C23CCC(=O)CC2C3)c1. The van der Waals surface area contributed by atoms with Gasteiger partial charge in [0.1, 0.15) is 5.78 Å². The monoisotopic (exact) mass is 211 g/mol. The van der Waals surface area contributed by atoms with Crippen molar-refractivity contribution in [3.8, 4) is 6.07 Å². The van der Waals surface area contributed by atoms with Crippen LogP contribution in [0.5, 0.6) is 0 Å². The Labute approximate surface area is 94.9 Å². The van der Waals surface area contributed by atoms with Gasteiger partial charge in [0.25, 0.3) is 0 Å². The molecule has 0 aliphatic heterocycles. The highest BCUT2D eigenvalue weighted by Crippen LogP contribution is 2.61. The second-order valence-electron chi connectivity index (χ2n) is 4.99. The lowest BCUT2D eigenvalue weighted by Gasteiger charge is -2.21. The predicted octanol–water partition coefficient (Wildman–Crippen LogP) is 2.57. The van der Waals surface area contributed by atoms with E-state index < -0.39 is 0 Å². The quantitative estimate of drug-likeness (QED) is 0.716. The molecule has 80 valence electrons. The molecule has 0 radical (unpaired) electrons. The summed E-state index contributed by atoms with van der Waals surface area (Å²) in [5.74, 6) is 0.956. The summed E-state index contributed by atoms with van der Waals surface area (Å²) in [6.07, 6.45) is 3.57. The minimum Gasteiger partial charge on any atom is -0.300 e. The normalized spacial score (nSPS) is 31.7. The van der Waals surface area contributed by atoms with Crippen molar-refractivity contribution in [2.75, 3.05) is 0 Å². The van der Waals surface area contributed by atoms with Crippen LogP contribution < -0.4 is 0 Å². The maximum atomic E-state index is 11.3. The van der Waals surface area contributed by atoms with E-state index in [4.69, 9.17) is 5.26 Å². The molecule has 2 fully saturated rings. The first-order valence-corrected chi connectivity index (χ1v) is 5.77. The Morgan fingerprint density at radius 1 is 1.44 bits per heavy atom. The molecular formula is C14H13NO. The summed E-state index contributed by atoms with van der Waals surface area (Å²) in [7, 11) is 0. The minimum absolute atomic E-state index is 0.237. The van der Waals surface area contributed by atoms with E-state index in [1.165, 1.54) is 5.56 Å². The molecule has 0 aromatic heterocycles. The Morgan fingerprint density at radius 3 is 3.06 bits per heavy atom. The van der Waals surface area contributed by atoms with E-state index in [0.29, 0.717) is 18.1 Å². The van der Waals surface area contributed by atoms with Crippen LogP contribution in [0.2, 0.25) is 0 Å². The zero-order valence-corrected chi connectivity index (χ0v) is 9.07. The van der Waals surface area contributed by atoms with Crippen LogP contribution in [0.4, 0.5) is 0 Å². The molecule has 1 aromatic rings. The molecule has 0 saturated heterocycles. The van der Waals surface area contributed by atoms with Crippen molar-refractivity contribution in [3.05, 3.63) is 35.4 Å². The molecule has 1 aromatic carbocycles. The Balaban J connectivity index is 1.94. The number of carbonyl (C=O) groups excluding carboxylic acids is 1. The second kappa shape index (κ2) is 3.18. The van der Waals surface area contributed by atoms with Crippen molar-refractivity contribution in [3.63, 3.8) is 0 Å². The minimum atomic E-state index is 0.237. The van der Waals surface area contributed by atoms with Gasteiger partial charge in [0.2, 0.25) is 0 Å². The van der Waals surface area contributed by atoms with E-state index in [0.717, 1.165) is 24.8 Å². The summed E-state index contributed by atoms with van der Waals surface area (Å²) in [5.41, 5.74) is 2.24. The Bertz CT molecular complexity index is 500. The summed E-state index contributed by atoms with van der Waals surface area (Å²) in [4.78, 5) is 11.3. The van der Waals surface area contributed by atoms with Crippen molar-refractivity contribution in [1.82, 2.24) is 0 Å². The first kappa shape index (κ1) is 9.59. The number of hydrogen-bond acceptors (Lipinski definition) is 2. The highest BCUT2D eigenvalue weighted by atomic mass is 16.1. The molecule has 2 nitrogen and oxygen atoms in total. The first-order valence-electron chi connectivity index (χ1n) is 5.77. The smallest absolute Gasteiger partial charge is 0.133 e. The van der Waals surface area contributed by atoms with E-state index in [2.05, 4.69) is 12.1 Å². The molecule has 2 aliphatic carbocycles. The van der Waals surface area contributed by atoms with Gasteiger partial charge in [-0.15, -0.1) is 0 Å². The summed E-state index contributed by atoms with van der Waals surface area (Å²) in [5, 5.41) is 8.90. The third kappa shape index (κ3) is 1.28. The number of nitrogens with zero attached hydrogens (tertiary/aromatic N) is 1. The number of rotatable bonds is 1. The van der Waals surface area contributed by atoms with Crippen molar-refractivity contribution in [2.45, 2.75) is 31.1 Å². The molecule has 0 bridgehead atoms. The van der Waals surface area contributed by atoms with Gasteiger partial charge in [0, 0.05) is 12.8 Å². The lowest BCUT2D eigenvalue weighted by molar-refractivity contribution is -0.120. The standard InChI is InChI=1S/C14H13NO/c15-9-10-2-1-3-11(6-10)14-5-4-13(16)7-12(14)8-14/h1-3,6,12H,4-5,7-8H2. The molecule has 0 amide bonds. The van der Waals surface area contributed by atoms with Crippen LogP contribution in [-0.2, 0) is 10.2 Å². The largest absolute Gasteiger partial charge is 0.300 e. The second-order valence-corrected chi connectivity index (χ2v) is 4.99. The average molecular weight is 211 g/mol. The number of hydrogen-bond donors (Lipinski definition) is 0. The predicted molar refractivity (Wildman–Crippen MR) is 59.8 cm³/mol. The van der Waals surface area contributed by atoms with Crippen LogP contribution in [0, 0.1) is 17.2 Å². The van der Waals surface area contributed by atoms with E-state index in [9.17, 15) is 4.79 Å². The fourth-order valence-corrected chi connectivity index (χ4v) is 3.09. The highest BCUT2D eigenvalue weighted by Gasteiger charge is 2.57. The summed E-state index contributed by atoms with van der Waals surface area (Å²) < 4.78 is 0. The van der Waals surface area contributed by atoms with Crippen LogP contribution in [0.3, 0.4) is 0 Å². The highest BCUT2D eigenvalue weighted by molar-refractivity contribution is 5.81. The van der Waals surface area contributed by atoms with Crippen LogP contribution in [0.25, 0.3) is 0 Å².